The molecule has 0 aliphatic rings. The summed E-state index contributed by atoms with van der Waals surface area (Å²) >= 11 is 0. The van der Waals surface area contributed by atoms with Gasteiger partial charge in [0, 0.05) is 12.3 Å². The summed E-state index contributed by atoms with van der Waals surface area (Å²) in [6.45, 7) is 1.85. The molecule has 19 heavy (non-hydrogen) atoms. The number of hydrogen-bond acceptors (Lipinski definition) is 3. The first-order valence-corrected chi connectivity index (χ1v) is 5.77. The van der Waals surface area contributed by atoms with Crippen molar-refractivity contribution in [2.75, 3.05) is 6.61 Å². The van der Waals surface area contributed by atoms with Crippen molar-refractivity contribution < 1.29 is 13.9 Å². The van der Waals surface area contributed by atoms with Crippen LogP contribution in [-0.4, -0.2) is 17.6 Å². The number of ether oxygens (including phenoxy) is 1. The molecule has 0 fully saturated rings. The van der Waals surface area contributed by atoms with Gasteiger partial charge in [-0.25, -0.2) is 9.18 Å². The molecule has 0 atom stereocenters. The lowest BCUT2D eigenvalue weighted by Crippen LogP contribution is -2.07. The largest absolute Gasteiger partial charge is 0.462 e. The van der Waals surface area contributed by atoms with Crippen molar-refractivity contribution in [3.63, 3.8) is 0 Å². The Morgan fingerprint density at radius 3 is 2.58 bits per heavy atom. The first-order chi connectivity index (χ1) is 9.11. The van der Waals surface area contributed by atoms with E-state index in [0.29, 0.717) is 11.1 Å². The van der Waals surface area contributed by atoms with Crippen LogP contribution in [0.2, 0.25) is 0 Å². The molecule has 0 amide bonds. The van der Waals surface area contributed by atoms with Crippen LogP contribution in [0.1, 0.15) is 17.3 Å². The number of nitrogens with one attached hydrogen (secondary N) is 1. The number of aromatic nitrogens is 1. The first-order valence-electron chi connectivity index (χ1n) is 5.77. The van der Waals surface area contributed by atoms with E-state index in [0.717, 1.165) is 0 Å². The van der Waals surface area contributed by atoms with E-state index in [2.05, 4.69) is 4.98 Å². The standard InChI is InChI=1S/C14H12FNO3/c1-2-19-14(18)11-5-3-9(7-12(11)15)10-4-6-13(17)16-8-10/h3-8H,2H2,1H3,(H,16,17). The summed E-state index contributed by atoms with van der Waals surface area (Å²) in [5.41, 5.74) is 0.901. The third-order valence-corrected chi connectivity index (χ3v) is 2.58. The van der Waals surface area contributed by atoms with Crippen LogP contribution in [0, 0.1) is 5.82 Å². The molecule has 1 aromatic carbocycles. The average Bonchev–Trinajstić information content (AvgIpc) is 2.39. The summed E-state index contributed by atoms with van der Waals surface area (Å²) in [5.74, 6) is -1.34. The van der Waals surface area contributed by atoms with Crippen LogP contribution in [0.3, 0.4) is 0 Å². The van der Waals surface area contributed by atoms with E-state index in [1.807, 2.05) is 0 Å². The van der Waals surface area contributed by atoms with E-state index in [9.17, 15) is 14.0 Å². The van der Waals surface area contributed by atoms with Crippen LogP contribution in [0.25, 0.3) is 11.1 Å². The number of halogens is 1. The summed E-state index contributed by atoms with van der Waals surface area (Å²) in [4.78, 5) is 24.9. The minimum Gasteiger partial charge on any atom is -0.462 e. The van der Waals surface area contributed by atoms with Gasteiger partial charge in [-0.1, -0.05) is 6.07 Å². The molecule has 0 aliphatic heterocycles. The van der Waals surface area contributed by atoms with E-state index in [1.54, 1.807) is 19.1 Å². The molecule has 4 nitrogen and oxygen atoms in total. The first kappa shape index (κ1) is 13.0. The van der Waals surface area contributed by atoms with Crippen molar-refractivity contribution in [1.29, 1.82) is 0 Å². The minimum absolute atomic E-state index is 0.102. The summed E-state index contributed by atoms with van der Waals surface area (Å²) in [5, 5.41) is 0. The van der Waals surface area contributed by atoms with Crippen LogP contribution in [0.15, 0.2) is 41.3 Å². The second-order valence-electron chi connectivity index (χ2n) is 3.86. The number of aromatic amines is 1. The number of rotatable bonds is 3. The van der Waals surface area contributed by atoms with Crippen LogP contribution in [0.5, 0.6) is 0 Å². The van der Waals surface area contributed by atoms with Gasteiger partial charge >= 0.3 is 5.97 Å². The van der Waals surface area contributed by atoms with Crippen molar-refractivity contribution in [2.45, 2.75) is 6.92 Å². The number of esters is 1. The maximum atomic E-state index is 13.8. The van der Waals surface area contributed by atoms with Gasteiger partial charge in [0.2, 0.25) is 5.56 Å². The number of carbonyl (C=O) groups excluding carboxylic acids is 1. The Morgan fingerprint density at radius 2 is 2.00 bits per heavy atom. The zero-order chi connectivity index (χ0) is 13.8. The molecule has 0 aliphatic carbocycles. The van der Waals surface area contributed by atoms with Gasteiger partial charge in [-0.3, -0.25) is 4.79 Å². The molecule has 0 bridgehead atoms. The molecular formula is C14H12FNO3. The topological polar surface area (TPSA) is 59.2 Å². The summed E-state index contributed by atoms with van der Waals surface area (Å²) in [6, 6.07) is 7.14. The fraction of sp³-hybridized carbons (Fsp3) is 0.143. The third-order valence-electron chi connectivity index (χ3n) is 2.58. The molecule has 5 heteroatoms. The number of hydrogen-bond donors (Lipinski definition) is 1. The lowest BCUT2D eigenvalue weighted by Gasteiger charge is -2.06. The van der Waals surface area contributed by atoms with Crippen molar-refractivity contribution in [3.8, 4) is 11.1 Å². The Kier molecular flexibility index (Phi) is 3.75. The van der Waals surface area contributed by atoms with E-state index < -0.39 is 11.8 Å². The highest BCUT2D eigenvalue weighted by Crippen LogP contribution is 2.21. The highest BCUT2D eigenvalue weighted by atomic mass is 19.1. The SMILES string of the molecule is CCOC(=O)c1ccc(-c2ccc(=O)[nH]c2)cc1F. The Bertz CT molecular complexity index is 643. The number of pyridine rings is 1. The highest BCUT2D eigenvalue weighted by Gasteiger charge is 2.13. The van der Waals surface area contributed by atoms with E-state index >= 15 is 0 Å². The molecule has 0 saturated heterocycles. The van der Waals surface area contributed by atoms with E-state index in [1.165, 1.54) is 24.4 Å². The molecule has 0 unspecified atom stereocenters. The van der Waals surface area contributed by atoms with Crippen LogP contribution < -0.4 is 5.56 Å². The molecule has 1 heterocycles. The van der Waals surface area contributed by atoms with E-state index in [4.69, 9.17) is 4.74 Å². The smallest absolute Gasteiger partial charge is 0.341 e. The molecule has 98 valence electrons. The van der Waals surface area contributed by atoms with Crippen molar-refractivity contribution in [1.82, 2.24) is 4.98 Å². The van der Waals surface area contributed by atoms with Gasteiger partial charge in [-0.05, 0) is 36.2 Å². The van der Waals surface area contributed by atoms with Gasteiger partial charge in [-0.2, -0.15) is 0 Å². The highest BCUT2D eigenvalue weighted by molar-refractivity contribution is 5.90. The fourth-order valence-corrected chi connectivity index (χ4v) is 1.66. The van der Waals surface area contributed by atoms with Gasteiger partial charge in [0.1, 0.15) is 5.82 Å². The van der Waals surface area contributed by atoms with Gasteiger partial charge in [-0.15, -0.1) is 0 Å². The lowest BCUT2D eigenvalue weighted by atomic mass is 10.1. The van der Waals surface area contributed by atoms with Gasteiger partial charge in [0.15, 0.2) is 0 Å². The number of benzene rings is 1. The van der Waals surface area contributed by atoms with Crippen LogP contribution in [-0.2, 0) is 4.74 Å². The molecule has 1 aromatic heterocycles. The van der Waals surface area contributed by atoms with Crippen molar-refractivity contribution >= 4 is 5.97 Å². The quantitative estimate of drug-likeness (QED) is 0.863. The van der Waals surface area contributed by atoms with Crippen LogP contribution in [0.4, 0.5) is 4.39 Å². The maximum absolute atomic E-state index is 13.8. The Balaban J connectivity index is 2.36. The fourth-order valence-electron chi connectivity index (χ4n) is 1.66. The maximum Gasteiger partial charge on any atom is 0.341 e. The summed E-state index contributed by atoms with van der Waals surface area (Å²) in [6.07, 6.45) is 1.49. The van der Waals surface area contributed by atoms with Gasteiger partial charge in [0.25, 0.3) is 0 Å². The second-order valence-corrected chi connectivity index (χ2v) is 3.86. The zero-order valence-electron chi connectivity index (χ0n) is 10.3. The predicted octanol–water partition coefficient (Wildman–Crippen LogP) is 2.36. The molecule has 0 spiro atoms. The van der Waals surface area contributed by atoms with Gasteiger partial charge < -0.3 is 9.72 Å². The predicted molar refractivity (Wildman–Crippen MR) is 68.4 cm³/mol. The lowest BCUT2D eigenvalue weighted by molar-refractivity contribution is 0.0521. The molecule has 0 radical (unpaired) electrons. The third kappa shape index (κ3) is 2.88. The Labute approximate surface area is 108 Å². The van der Waals surface area contributed by atoms with Crippen LogP contribution >= 0.6 is 0 Å². The molecule has 1 N–H and O–H groups in total. The van der Waals surface area contributed by atoms with Crippen molar-refractivity contribution in [2.24, 2.45) is 0 Å². The summed E-state index contributed by atoms with van der Waals surface area (Å²) < 4.78 is 18.6. The average molecular weight is 261 g/mol. The minimum atomic E-state index is -0.687. The summed E-state index contributed by atoms with van der Waals surface area (Å²) in [7, 11) is 0. The molecular weight excluding hydrogens is 249 g/mol. The molecule has 2 aromatic rings. The molecule has 0 saturated carbocycles. The monoisotopic (exact) mass is 261 g/mol. The van der Waals surface area contributed by atoms with Gasteiger partial charge in [0.05, 0.1) is 12.2 Å². The Hall–Kier alpha value is -2.43. The zero-order valence-corrected chi connectivity index (χ0v) is 10.3. The Morgan fingerprint density at radius 1 is 1.26 bits per heavy atom. The number of H-pyrrole nitrogens is 1. The molecule has 2 rings (SSSR count). The number of carbonyl (C=O) groups is 1. The normalized spacial score (nSPS) is 10.2. The van der Waals surface area contributed by atoms with E-state index in [-0.39, 0.29) is 17.7 Å². The van der Waals surface area contributed by atoms with Crippen molar-refractivity contribution in [3.05, 3.63) is 58.3 Å². The second kappa shape index (κ2) is 5.48.